The minimum Gasteiger partial charge on any atom is -0.480 e. The standard InChI is InChI=1S/C9H8ClN3O2S/c1-4(9(14)15)11-7-5(10)2-3-6-8(7)13-16-12-6/h2-4,11H,1H3,(H,14,15). The van der Waals surface area contributed by atoms with E-state index < -0.39 is 12.0 Å². The summed E-state index contributed by atoms with van der Waals surface area (Å²) in [5.74, 6) is -0.948. The molecule has 84 valence electrons. The lowest BCUT2D eigenvalue weighted by molar-refractivity contribution is -0.137. The van der Waals surface area contributed by atoms with E-state index in [4.69, 9.17) is 16.7 Å². The summed E-state index contributed by atoms with van der Waals surface area (Å²) in [6, 6.07) is 2.68. The molecule has 2 aromatic rings. The topological polar surface area (TPSA) is 75.1 Å². The molecule has 0 spiro atoms. The predicted molar refractivity (Wildman–Crippen MR) is 63.1 cm³/mol. The van der Waals surface area contributed by atoms with E-state index in [2.05, 4.69) is 14.1 Å². The summed E-state index contributed by atoms with van der Waals surface area (Å²) >= 11 is 7.06. The van der Waals surface area contributed by atoms with Crippen LogP contribution in [-0.2, 0) is 4.79 Å². The van der Waals surface area contributed by atoms with Gasteiger partial charge in [-0.3, -0.25) is 4.79 Å². The van der Waals surface area contributed by atoms with Gasteiger partial charge in [-0.2, -0.15) is 8.75 Å². The smallest absolute Gasteiger partial charge is 0.325 e. The lowest BCUT2D eigenvalue weighted by atomic mass is 10.2. The molecule has 2 rings (SSSR count). The molecule has 1 aromatic carbocycles. The molecule has 5 nitrogen and oxygen atoms in total. The fourth-order valence-corrected chi connectivity index (χ4v) is 1.99. The van der Waals surface area contributed by atoms with Crippen molar-refractivity contribution >= 4 is 46.0 Å². The number of anilines is 1. The summed E-state index contributed by atoms with van der Waals surface area (Å²) in [6.45, 7) is 1.54. The minimum atomic E-state index is -0.948. The van der Waals surface area contributed by atoms with Gasteiger partial charge in [-0.1, -0.05) is 11.6 Å². The van der Waals surface area contributed by atoms with Crippen LogP contribution in [0.25, 0.3) is 11.0 Å². The first-order valence-corrected chi connectivity index (χ1v) is 5.60. The number of nitrogens with zero attached hydrogens (tertiary/aromatic N) is 2. The van der Waals surface area contributed by atoms with E-state index in [0.717, 1.165) is 11.7 Å². The van der Waals surface area contributed by atoms with Gasteiger partial charge in [0.05, 0.1) is 22.4 Å². The number of aliphatic carboxylic acids is 1. The van der Waals surface area contributed by atoms with Crippen molar-refractivity contribution in [1.82, 2.24) is 8.75 Å². The summed E-state index contributed by atoms with van der Waals surface area (Å²) in [7, 11) is 0. The number of aromatic nitrogens is 2. The second-order valence-electron chi connectivity index (χ2n) is 3.26. The van der Waals surface area contributed by atoms with E-state index in [1.165, 1.54) is 6.92 Å². The number of carboxylic acid groups (broad SMARTS) is 1. The van der Waals surface area contributed by atoms with E-state index >= 15 is 0 Å². The first-order valence-electron chi connectivity index (χ1n) is 4.49. The number of hydrogen-bond acceptors (Lipinski definition) is 5. The summed E-state index contributed by atoms with van der Waals surface area (Å²) in [5, 5.41) is 12.1. The second kappa shape index (κ2) is 4.23. The first kappa shape index (κ1) is 11.1. The molecular weight excluding hydrogens is 250 g/mol. The van der Waals surface area contributed by atoms with Gasteiger partial charge in [0.2, 0.25) is 0 Å². The minimum absolute atomic E-state index is 0.438. The molecule has 0 aliphatic heterocycles. The largest absolute Gasteiger partial charge is 0.480 e. The van der Waals surface area contributed by atoms with Crippen LogP contribution in [0.1, 0.15) is 6.92 Å². The lowest BCUT2D eigenvalue weighted by Crippen LogP contribution is -2.25. The van der Waals surface area contributed by atoms with E-state index in [-0.39, 0.29) is 0 Å². The van der Waals surface area contributed by atoms with Gasteiger partial charge in [0.25, 0.3) is 0 Å². The molecule has 0 fully saturated rings. The third kappa shape index (κ3) is 1.94. The van der Waals surface area contributed by atoms with Crippen LogP contribution in [0.4, 0.5) is 5.69 Å². The van der Waals surface area contributed by atoms with Gasteiger partial charge in [-0.05, 0) is 19.1 Å². The van der Waals surface area contributed by atoms with Crippen LogP contribution < -0.4 is 5.32 Å². The first-order chi connectivity index (χ1) is 7.59. The third-order valence-electron chi connectivity index (χ3n) is 2.11. The predicted octanol–water partition coefficient (Wildman–Crippen LogP) is 2.23. The average molecular weight is 258 g/mol. The van der Waals surface area contributed by atoms with Crippen molar-refractivity contribution in [3.63, 3.8) is 0 Å². The molecule has 0 aliphatic rings. The molecule has 16 heavy (non-hydrogen) atoms. The highest BCUT2D eigenvalue weighted by molar-refractivity contribution is 7.00. The molecular formula is C9H8ClN3O2S. The maximum Gasteiger partial charge on any atom is 0.325 e. The Bertz CT molecular complexity index is 543. The lowest BCUT2D eigenvalue weighted by Gasteiger charge is -2.12. The highest BCUT2D eigenvalue weighted by Gasteiger charge is 2.16. The Morgan fingerprint density at radius 3 is 3.00 bits per heavy atom. The number of carbonyl (C=O) groups is 1. The Kier molecular flexibility index (Phi) is 2.93. The fraction of sp³-hybridized carbons (Fsp3) is 0.222. The Morgan fingerprint density at radius 1 is 1.56 bits per heavy atom. The van der Waals surface area contributed by atoms with Crippen LogP contribution in [-0.4, -0.2) is 25.9 Å². The van der Waals surface area contributed by atoms with Crippen LogP contribution in [0.5, 0.6) is 0 Å². The van der Waals surface area contributed by atoms with Crippen molar-refractivity contribution in [3.05, 3.63) is 17.2 Å². The molecule has 1 heterocycles. The Balaban J connectivity index is 2.45. The van der Waals surface area contributed by atoms with Gasteiger partial charge < -0.3 is 10.4 Å². The van der Waals surface area contributed by atoms with Crippen molar-refractivity contribution in [2.24, 2.45) is 0 Å². The summed E-state index contributed by atoms with van der Waals surface area (Å²) in [4.78, 5) is 10.8. The van der Waals surface area contributed by atoms with Crippen molar-refractivity contribution in [1.29, 1.82) is 0 Å². The number of rotatable bonds is 3. The van der Waals surface area contributed by atoms with Gasteiger partial charge in [0.15, 0.2) is 0 Å². The molecule has 0 saturated heterocycles. The molecule has 7 heteroatoms. The SMILES string of the molecule is CC(Nc1c(Cl)ccc2nsnc12)C(=O)O. The van der Waals surface area contributed by atoms with Crippen molar-refractivity contribution < 1.29 is 9.90 Å². The van der Waals surface area contributed by atoms with Gasteiger partial charge >= 0.3 is 5.97 Å². The van der Waals surface area contributed by atoms with E-state index in [1.54, 1.807) is 12.1 Å². The molecule has 0 saturated carbocycles. The molecule has 2 N–H and O–H groups in total. The van der Waals surface area contributed by atoms with E-state index in [9.17, 15) is 4.79 Å². The molecule has 1 atom stereocenters. The molecule has 0 radical (unpaired) electrons. The molecule has 1 aromatic heterocycles. The van der Waals surface area contributed by atoms with Crippen LogP contribution in [0.3, 0.4) is 0 Å². The third-order valence-corrected chi connectivity index (χ3v) is 2.97. The highest BCUT2D eigenvalue weighted by atomic mass is 35.5. The van der Waals surface area contributed by atoms with Crippen LogP contribution >= 0.6 is 23.3 Å². The Labute approximate surface area is 100 Å². The van der Waals surface area contributed by atoms with Gasteiger partial charge in [0.1, 0.15) is 17.1 Å². The van der Waals surface area contributed by atoms with Crippen LogP contribution in [0.2, 0.25) is 5.02 Å². The zero-order valence-corrected chi connectivity index (χ0v) is 9.84. The van der Waals surface area contributed by atoms with Crippen molar-refractivity contribution in [2.45, 2.75) is 13.0 Å². The van der Waals surface area contributed by atoms with E-state index in [1.807, 2.05) is 0 Å². The van der Waals surface area contributed by atoms with Crippen molar-refractivity contribution in [2.75, 3.05) is 5.32 Å². The highest BCUT2D eigenvalue weighted by Crippen LogP contribution is 2.30. The average Bonchev–Trinajstić information content (AvgIpc) is 2.70. The maximum atomic E-state index is 10.8. The number of benzene rings is 1. The number of nitrogens with one attached hydrogen (secondary N) is 1. The second-order valence-corrected chi connectivity index (χ2v) is 4.19. The quantitative estimate of drug-likeness (QED) is 0.882. The molecule has 0 bridgehead atoms. The summed E-state index contributed by atoms with van der Waals surface area (Å²) in [5.41, 5.74) is 1.82. The summed E-state index contributed by atoms with van der Waals surface area (Å²) < 4.78 is 8.14. The van der Waals surface area contributed by atoms with E-state index in [0.29, 0.717) is 21.7 Å². The molecule has 0 aliphatic carbocycles. The van der Waals surface area contributed by atoms with Gasteiger partial charge in [-0.15, -0.1) is 0 Å². The maximum absolute atomic E-state index is 10.8. The number of carboxylic acids is 1. The van der Waals surface area contributed by atoms with Gasteiger partial charge in [0, 0.05) is 0 Å². The van der Waals surface area contributed by atoms with Crippen molar-refractivity contribution in [3.8, 4) is 0 Å². The normalized spacial score (nSPS) is 12.6. The van der Waals surface area contributed by atoms with Crippen LogP contribution in [0.15, 0.2) is 12.1 Å². The number of fused-ring (bicyclic) bond motifs is 1. The Hall–Kier alpha value is -1.40. The molecule has 1 unspecified atom stereocenters. The zero-order chi connectivity index (χ0) is 11.7. The zero-order valence-electron chi connectivity index (χ0n) is 8.27. The number of hydrogen-bond donors (Lipinski definition) is 2. The number of halogens is 1. The molecule has 0 amide bonds. The van der Waals surface area contributed by atoms with Gasteiger partial charge in [-0.25, -0.2) is 0 Å². The Morgan fingerprint density at radius 2 is 2.31 bits per heavy atom. The monoisotopic (exact) mass is 257 g/mol. The fourth-order valence-electron chi connectivity index (χ4n) is 1.24. The van der Waals surface area contributed by atoms with Crippen LogP contribution in [0, 0.1) is 0 Å². The summed E-state index contributed by atoms with van der Waals surface area (Å²) in [6.07, 6.45) is 0.